The molecule has 0 aromatic carbocycles. The van der Waals surface area contributed by atoms with E-state index in [1.165, 1.54) is 11.3 Å². The number of nitrogens with one attached hydrogen (secondary N) is 1. The number of aromatic nitrogens is 2. The minimum Gasteiger partial charge on any atom is -0.362 e. The number of anilines is 1. The Bertz CT molecular complexity index is 628. The lowest BCUT2D eigenvalue weighted by Crippen LogP contribution is -2.21. The molecule has 4 nitrogen and oxygen atoms in total. The highest BCUT2D eigenvalue weighted by molar-refractivity contribution is 7.14. The number of aryl methyl sites for hydroxylation is 2. The normalized spacial score (nSPS) is 10.7. The van der Waals surface area contributed by atoms with Crippen LogP contribution in [-0.4, -0.2) is 16.1 Å². The minimum atomic E-state index is 0.0147. The summed E-state index contributed by atoms with van der Waals surface area (Å²) >= 11 is 1.53. The number of thiazole rings is 1. The maximum Gasteiger partial charge on any atom is 0.260 e. The van der Waals surface area contributed by atoms with E-state index in [0.717, 1.165) is 28.6 Å². The quantitative estimate of drug-likeness (QED) is 0.925. The summed E-state index contributed by atoms with van der Waals surface area (Å²) in [6.07, 6.45) is 0. The van der Waals surface area contributed by atoms with Gasteiger partial charge in [-0.1, -0.05) is 0 Å². The van der Waals surface area contributed by atoms with Gasteiger partial charge in [0, 0.05) is 24.7 Å². The zero-order valence-electron chi connectivity index (χ0n) is 11.1. The van der Waals surface area contributed by atoms with Crippen LogP contribution in [-0.2, 0) is 7.05 Å². The molecule has 0 radical (unpaired) electrons. The third-order valence-electron chi connectivity index (χ3n) is 2.96. The smallest absolute Gasteiger partial charge is 0.260 e. The molecule has 0 saturated carbocycles. The molecule has 0 aliphatic carbocycles. The van der Waals surface area contributed by atoms with E-state index in [2.05, 4.69) is 10.3 Å². The van der Waals surface area contributed by atoms with Crippen LogP contribution in [0.5, 0.6) is 0 Å². The molecule has 1 N–H and O–H groups in total. The summed E-state index contributed by atoms with van der Waals surface area (Å²) in [4.78, 5) is 16.7. The number of rotatable bonds is 3. The SMILES string of the molecule is CCNc1nc(-c2c(C)cc(C)n(C)c2=O)cs1. The fourth-order valence-electron chi connectivity index (χ4n) is 1.91. The minimum absolute atomic E-state index is 0.0147. The second kappa shape index (κ2) is 4.94. The van der Waals surface area contributed by atoms with Crippen molar-refractivity contribution >= 4 is 16.5 Å². The average molecular weight is 263 g/mol. The van der Waals surface area contributed by atoms with Gasteiger partial charge in [-0.15, -0.1) is 11.3 Å². The average Bonchev–Trinajstić information content (AvgIpc) is 2.75. The first kappa shape index (κ1) is 12.8. The van der Waals surface area contributed by atoms with Crippen molar-refractivity contribution in [2.24, 2.45) is 7.05 Å². The third-order valence-corrected chi connectivity index (χ3v) is 3.76. The van der Waals surface area contributed by atoms with Crippen LogP contribution < -0.4 is 10.9 Å². The fourth-order valence-corrected chi connectivity index (χ4v) is 2.68. The van der Waals surface area contributed by atoms with Crippen molar-refractivity contribution < 1.29 is 0 Å². The summed E-state index contributed by atoms with van der Waals surface area (Å²) in [7, 11) is 1.79. The lowest BCUT2D eigenvalue weighted by Gasteiger charge is -2.08. The van der Waals surface area contributed by atoms with E-state index in [1.54, 1.807) is 11.6 Å². The van der Waals surface area contributed by atoms with E-state index >= 15 is 0 Å². The Morgan fingerprint density at radius 2 is 2.17 bits per heavy atom. The highest BCUT2D eigenvalue weighted by atomic mass is 32.1. The molecule has 96 valence electrons. The Kier molecular flexibility index (Phi) is 3.52. The number of nitrogens with zero attached hydrogens (tertiary/aromatic N) is 2. The van der Waals surface area contributed by atoms with Crippen LogP contribution in [0.3, 0.4) is 0 Å². The molecule has 2 aromatic rings. The van der Waals surface area contributed by atoms with Crippen molar-refractivity contribution in [2.45, 2.75) is 20.8 Å². The predicted molar refractivity (Wildman–Crippen MR) is 76.4 cm³/mol. The largest absolute Gasteiger partial charge is 0.362 e. The number of hydrogen-bond acceptors (Lipinski definition) is 4. The first-order valence-corrected chi connectivity index (χ1v) is 6.79. The molecule has 0 unspecified atom stereocenters. The summed E-state index contributed by atoms with van der Waals surface area (Å²) in [6, 6.07) is 2.02. The Labute approximate surface area is 110 Å². The van der Waals surface area contributed by atoms with Gasteiger partial charge in [-0.2, -0.15) is 0 Å². The van der Waals surface area contributed by atoms with Gasteiger partial charge in [-0.25, -0.2) is 4.98 Å². The molecule has 0 saturated heterocycles. The van der Waals surface area contributed by atoms with Crippen LogP contribution in [0.2, 0.25) is 0 Å². The van der Waals surface area contributed by atoms with Crippen LogP contribution in [0.25, 0.3) is 11.3 Å². The maximum atomic E-state index is 12.3. The Morgan fingerprint density at radius 1 is 1.44 bits per heavy atom. The molecule has 0 amide bonds. The summed E-state index contributed by atoms with van der Waals surface area (Å²) in [5, 5.41) is 5.94. The Morgan fingerprint density at radius 3 is 2.83 bits per heavy atom. The highest BCUT2D eigenvalue weighted by Crippen LogP contribution is 2.25. The molecule has 18 heavy (non-hydrogen) atoms. The molecule has 0 atom stereocenters. The van der Waals surface area contributed by atoms with Gasteiger partial charge in [0.25, 0.3) is 5.56 Å². The summed E-state index contributed by atoms with van der Waals surface area (Å²) in [5.74, 6) is 0. The Hall–Kier alpha value is -1.62. The second-order valence-corrected chi connectivity index (χ2v) is 5.13. The standard InChI is InChI=1S/C13H17N3OS/c1-5-14-13-15-10(7-18-13)11-8(2)6-9(3)16(4)12(11)17/h6-7H,5H2,1-4H3,(H,14,15). The van der Waals surface area contributed by atoms with Gasteiger partial charge in [0.05, 0.1) is 11.3 Å². The van der Waals surface area contributed by atoms with Crippen LogP contribution >= 0.6 is 11.3 Å². The molecular formula is C13H17N3OS. The molecule has 0 fully saturated rings. The molecule has 0 aliphatic rings. The molecule has 2 rings (SSSR count). The zero-order valence-corrected chi connectivity index (χ0v) is 11.9. The van der Waals surface area contributed by atoms with E-state index < -0.39 is 0 Å². The van der Waals surface area contributed by atoms with Crippen LogP contribution in [0.1, 0.15) is 18.2 Å². The summed E-state index contributed by atoms with van der Waals surface area (Å²) < 4.78 is 1.66. The monoisotopic (exact) mass is 263 g/mol. The van der Waals surface area contributed by atoms with Gasteiger partial charge in [-0.05, 0) is 32.4 Å². The van der Waals surface area contributed by atoms with E-state index in [0.29, 0.717) is 5.56 Å². The van der Waals surface area contributed by atoms with Gasteiger partial charge < -0.3 is 9.88 Å². The van der Waals surface area contributed by atoms with Gasteiger partial charge in [0.15, 0.2) is 5.13 Å². The predicted octanol–water partition coefficient (Wildman–Crippen LogP) is 2.56. The molecule has 2 aromatic heterocycles. The van der Waals surface area contributed by atoms with Gasteiger partial charge in [-0.3, -0.25) is 4.79 Å². The van der Waals surface area contributed by atoms with Crippen LogP contribution in [0.15, 0.2) is 16.2 Å². The molecule has 5 heteroatoms. The van der Waals surface area contributed by atoms with E-state index in [-0.39, 0.29) is 5.56 Å². The molecule has 0 spiro atoms. The van der Waals surface area contributed by atoms with Gasteiger partial charge >= 0.3 is 0 Å². The van der Waals surface area contributed by atoms with Crippen LogP contribution in [0.4, 0.5) is 5.13 Å². The van der Waals surface area contributed by atoms with Gasteiger partial charge in [0.2, 0.25) is 0 Å². The van der Waals surface area contributed by atoms with E-state index in [4.69, 9.17) is 0 Å². The lowest BCUT2D eigenvalue weighted by atomic mass is 10.1. The van der Waals surface area contributed by atoms with Crippen molar-refractivity contribution in [2.75, 3.05) is 11.9 Å². The highest BCUT2D eigenvalue weighted by Gasteiger charge is 2.13. The summed E-state index contributed by atoms with van der Waals surface area (Å²) in [6.45, 7) is 6.74. The van der Waals surface area contributed by atoms with Crippen LogP contribution in [0, 0.1) is 13.8 Å². The number of pyridine rings is 1. The molecule has 0 bridgehead atoms. The third kappa shape index (κ3) is 2.18. The second-order valence-electron chi connectivity index (χ2n) is 4.28. The first-order valence-electron chi connectivity index (χ1n) is 5.91. The molecule has 2 heterocycles. The lowest BCUT2D eigenvalue weighted by molar-refractivity contribution is 0.816. The van der Waals surface area contributed by atoms with E-state index in [9.17, 15) is 4.79 Å². The van der Waals surface area contributed by atoms with Crippen molar-refractivity contribution in [3.63, 3.8) is 0 Å². The molecule has 0 aliphatic heterocycles. The zero-order chi connectivity index (χ0) is 13.3. The first-order chi connectivity index (χ1) is 8.54. The van der Waals surface area contributed by atoms with Gasteiger partial charge in [0.1, 0.15) is 0 Å². The van der Waals surface area contributed by atoms with Crippen molar-refractivity contribution in [1.82, 2.24) is 9.55 Å². The van der Waals surface area contributed by atoms with E-state index in [1.807, 2.05) is 32.2 Å². The Balaban J connectivity index is 2.56. The summed E-state index contributed by atoms with van der Waals surface area (Å²) in [5.41, 5.74) is 3.41. The van der Waals surface area contributed by atoms with Crippen molar-refractivity contribution in [3.05, 3.63) is 33.1 Å². The maximum absolute atomic E-state index is 12.3. The number of hydrogen-bond donors (Lipinski definition) is 1. The molecular weight excluding hydrogens is 246 g/mol. The topological polar surface area (TPSA) is 46.9 Å². The van der Waals surface area contributed by atoms with Crippen molar-refractivity contribution in [1.29, 1.82) is 0 Å². The van der Waals surface area contributed by atoms with Crippen molar-refractivity contribution in [3.8, 4) is 11.3 Å². The fraction of sp³-hybridized carbons (Fsp3) is 0.385.